The van der Waals surface area contributed by atoms with Crippen molar-refractivity contribution in [1.82, 2.24) is 24.3 Å². The molecular formula is C15H25N5O3S. The molecule has 2 aliphatic heterocycles. The van der Waals surface area contributed by atoms with E-state index in [0.29, 0.717) is 32.6 Å². The van der Waals surface area contributed by atoms with Gasteiger partial charge in [-0.1, -0.05) is 0 Å². The Morgan fingerprint density at radius 1 is 1.29 bits per heavy atom. The Morgan fingerprint density at radius 3 is 2.75 bits per heavy atom. The molecule has 1 aromatic heterocycles. The highest BCUT2D eigenvalue weighted by Crippen LogP contribution is 2.21. The molecule has 3 heterocycles. The molecule has 0 aliphatic carbocycles. The van der Waals surface area contributed by atoms with Gasteiger partial charge < -0.3 is 9.80 Å². The monoisotopic (exact) mass is 355 g/mol. The molecule has 1 unspecified atom stereocenters. The lowest BCUT2D eigenvalue weighted by Crippen LogP contribution is -2.43. The third kappa shape index (κ3) is 4.27. The van der Waals surface area contributed by atoms with Crippen molar-refractivity contribution in [1.29, 1.82) is 0 Å². The van der Waals surface area contributed by atoms with Gasteiger partial charge in [-0.3, -0.25) is 4.68 Å². The zero-order valence-electron chi connectivity index (χ0n) is 14.0. The average Bonchev–Trinajstić information content (AvgIpc) is 3.14. The number of sulfonamides is 1. The number of nitrogens with zero attached hydrogens (tertiary/aromatic N) is 4. The van der Waals surface area contributed by atoms with Gasteiger partial charge in [-0.25, -0.2) is 17.9 Å². The van der Waals surface area contributed by atoms with Crippen LogP contribution in [-0.4, -0.2) is 66.5 Å². The Hall–Kier alpha value is -1.61. The van der Waals surface area contributed by atoms with E-state index in [9.17, 15) is 13.2 Å². The molecule has 24 heavy (non-hydrogen) atoms. The molecule has 2 amide bonds. The van der Waals surface area contributed by atoms with Crippen LogP contribution < -0.4 is 4.72 Å². The van der Waals surface area contributed by atoms with Crippen LogP contribution in [0.3, 0.4) is 0 Å². The minimum atomic E-state index is -3.19. The summed E-state index contributed by atoms with van der Waals surface area (Å²) in [5.41, 5.74) is 1.03. The minimum absolute atomic E-state index is 0.0863. The van der Waals surface area contributed by atoms with E-state index in [1.165, 1.54) is 0 Å². The van der Waals surface area contributed by atoms with Crippen LogP contribution in [0.1, 0.15) is 25.0 Å². The number of rotatable bonds is 4. The zero-order chi connectivity index (χ0) is 17.2. The molecule has 8 nitrogen and oxygen atoms in total. The summed E-state index contributed by atoms with van der Waals surface area (Å²) in [4.78, 5) is 16.6. The number of likely N-dealkylation sites (tertiary alicyclic amines) is 1. The van der Waals surface area contributed by atoms with E-state index in [2.05, 4.69) is 9.82 Å². The molecule has 9 heteroatoms. The first-order valence-electron chi connectivity index (χ1n) is 8.41. The number of fused-ring (bicyclic) bond motifs is 1. The topological polar surface area (TPSA) is 87.5 Å². The highest BCUT2D eigenvalue weighted by molar-refractivity contribution is 7.88. The smallest absolute Gasteiger partial charge is 0.320 e. The second-order valence-corrected chi connectivity index (χ2v) is 8.52. The van der Waals surface area contributed by atoms with Crippen LogP contribution in [0.25, 0.3) is 0 Å². The number of carbonyl (C=O) groups excluding carboxylic acids is 1. The van der Waals surface area contributed by atoms with E-state index in [1.807, 2.05) is 20.5 Å². The summed E-state index contributed by atoms with van der Waals surface area (Å²) in [6.45, 7) is 3.93. The maximum Gasteiger partial charge on any atom is 0.320 e. The second kappa shape index (κ2) is 7.10. The number of nitrogens with one attached hydrogen (secondary N) is 1. The van der Waals surface area contributed by atoms with E-state index >= 15 is 0 Å². The lowest BCUT2D eigenvalue weighted by Gasteiger charge is -2.28. The number of urea groups is 1. The van der Waals surface area contributed by atoms with Crippen LogP contribution in [0.2, 0.25) is 0 Å². The van der Waals surface area contributed by atoms with Crippen molar-refractivity contribution in [3.8, 4) is 0 Å². The van der Waals surface area contributed by atoms with Gasteiger partial charge in [-0.05, 0) is 31.2 Å². The van der Waals surface area contributed by atoms with Crippen molar-refractivity contribution in [3.63, 3.8) is 0 Å². The molecule has 1 N–H and O–H groups in total. The van der Waals surface area contributed by atoms with Crippen molar-refractivity contribution in [2.75, 3.05) is 32.4 Å². The van der Waals surface area contributed by atoms with Crippen LogP contribution in [0, 0.1) is 5.92 Å². The highest BCUT2D eigenvalue weighted by atomic mass is 32.2. The SMILES string of the molecule is CS(=O)(=O)NCCC1CN(C(=O)N2CCCC2)Cc2ccnn2C1. The summed E-state index contributed by atoms with van der Waals surface area (Å²) in [6, 6.07) is 2.03. The van der Waals surface area contributed by atoms with Crippen molar-refractivity contribution < 1.29 is 13.2 Å². The fourth-order valence-electron chi connectivity index (χ4n) is 3.42. The van der Waals surface area contributed by atoms with Crippen LogP contribution in [0.4, 0.5) is 4.79 Å². The molecule has 1 saturated heterocycles. The molecule has 1 atom stereocenters. The van der Waals surface area contributed by atoms with Crippen LogP contribution in [-0.2, 0) is 23.1 Å². The van der Waals surface area contributed by atoms with Crippen LogP contribution in [0.15, 0.2) is 12.3 Å². The molecule has 1 aromatic rings. The molecule has 0 aromatic carbocycles. The molecule has 134 valence electrons. The van der Waals surface area contributed by atoms with Crippen LogP contribution in [0.5, 0.6) is 0 Å². The van der Waals surface area contributed by atoms with Gasteiger partial charge in [0.15, 0.2) is 0 Å². The Kier molecular flexibility index (Phi) is 5.09. The number of amides is 2. The fraction of sp³-hybridized carbons (Fsp3) is 0.733. The van der Waals surface area contributed by atoms with E-state index < -0.39 is 10.0 Å². The van der Waals surface area contributed by atoms with Gasteiger partial charge >= 0.3 is 6.03 Å². The number of hydrogen-bond donors (Lipinski definition) is 1. The summed E-state index contributed by atoms with van der Waals surface area (Å²) in [5.74, 6) is 0.173. The van der Waals surface area contributed by atoms with Gasteiger partial charge in [0.05, 0.1) is 18.5 Å². The summed E-state index contributed by atoms with van der Waals surface area (Å²) in [6.07, 6.45) is 5.73. The largest absolute Gasteiger partial charge is 0.325 e. The Morgan fingerprint density at radius 2 is 2.04 bits per heavy atom. The summed E-state index contributed by atoms with van der Waals surface area (Å²) < 4.78 is 27.0. The Balaban J connectivity index is 1.69. The molecule has 3 rings (SSSR count). The third-order valence-corrected chi connectivity index (χ3v) is 5.36. The highest BCUT2D eigenvalue weighted by Gasteiger charge is 2.29. The molecular weight excluding hydrogens is 330 g/mol. The summed E-state index contributed by atoms with van der Waals surface area (Å²) in [5, 5.41) is 4.34. The van der Waals surface area contributed by atoms with Gasteiger partial charge in [0.2, 0.25) is 10.0 Å². The maximum absolute atomic E-state index is 12.8. The summed E-state index contributed by atoms with van der Waals surface area (Å²) in [7, 11) is -3.19. The molecule has 0 spiro atoms. The molecule has 0 saturated carbocycles. The lowest BCUT2D eigenvalue weighted by atomic mass is 10.1. The molecule has 0 radical (unpaired) electrons. The average molecular weight is 355 g/mol. The van der Waals surface area contributed by atoms with Crippen molar-refractivity contribution in [2.45, 2.75) is 32.4 Å². The van der Waals surface area contributed by atoms with Gasteiger partial charge in [0.1, 0.15) is 0 Å². The fourth-order valence-corrected chi connectivity index (χ4v) is 3.91. The van der Waals surface area contributed by atoms with E-state index in [1.54, 1.807) is 6.20 Å². The minimum Gasteiger partial charge on any atom is -0.325 e. The Bertz CT molecular complexity index is 681. The first kappa shape index (κ1) is 17.2. The zero-order valence-corrected chi connectivity index (χ0v) is 14.8. The first-order chi connectivity index (χ1) is 11.4. The molecule has 1 fully saturated rings. The van der Waals surface area contributed by atoms with E-state index in [0.717, 1.165) is 37.9 Å². The van der Waals surface area contributed by atoms with E-state index in [4.69, 9.17) is 0 Å². The Labute approximate surface area is 142 Å². The van der Waals surface area contributed by atoms with E-state index in [-0.39, 0.29) is 11.9 Å². The predicted octanol–water partition coefficient (Wildman–Crippen LogP) is 0.470. The van der Waals surface area contributed by atoms with Gasteiger partial charge in [0.25, 0.3) is 0 Å². The van der Waals surface area contributed by atoms with Crippen LogP contribution >= 0.6 is 0 Å². The number of carbonyl (C=O) groups is 1. The molecule has 0 bridgehead atoms. The molecule has 2 aliphatic rings. The standard InChI is InChI=1S/C15H25N5O3S/c1-24(22,23)17-7-4-13-10-19(15(21)18-8-2-3-9-18)12-14-5-6-16-20(14)11-13/h5-6,13,17H,2-4,7-12H2,1H3. The normalized spacial score (nSPS) is 21.6. The first-order valence-corrected chi connectivity index (χ1v) is 10.3. The number of aromatic nitrogens is 2. The van der Waals surface area contributed by atoms with Gasteiger partial charge in [0, 0.05) is 38.9 Å². The quantitative estimate of drug-likeness (QED) is 0.850. The van der Waals surface area contributed by atoms with Crippen molar-refractivity contribution >= 4 is 16.1 Å². The third-order valence-electron chi connectivity index (χ3n) is 4.63. The number of hydrogen-bond acceptors (Lipinski definition) is 4. The summed E-state index contributed by atoms with van der Waals surface area (Å²) >= 11 is 0. The van der Waals surface area contributed by atoms with Gasteiger partial charge in [-0.15, -0.1) is 0 Å². The lowest BCUT2D eigenvalue weighted by molar-refractivity contribution is 0.151. The van der Waals surface area contributed by atoms with Crippen molar-refractivity contribution in [2.24, 2.45) is 5.92 Å². The van der Waals surface area contributed by atoms with Gasteiger partial charge in [-0.2, -0.15) is 5.10 Å². The maximum atomic E-state index is 12.8. The second-order valence-electron chi connectivity index (χ2n) is 6.68. The predicted molar refractivity (Wildman–Crippen MR) is 89.8 cm³/mol. The van der Waals surface area contributed by atoms with Crippen molar-refractivity contribution in [3.05, 3.63) is 18.0 Å².